The molecule has 35 heavy (non-hydrogen) atoms. The van der Waals surface area contributed by atoms with Crippen molar-refractivity contribution in [2.75, 3.05) is 19.6 Å². The molecule has 0 aromatic heterocycles. The normalized spacial score (nSPS) is 18.6. The topological polar surface area (TPSA) is 73.5 Å². The molecule has 2 aromatic rings. The fourth-order valence-corrected chi connectivity index (χ4v) is 4.81. The highest BCUT2D eigenvalue weighted by Gasteiger charge is 2.31. The molecular formula is C26H33Cl3N4O2. The Labute approximate surface area is 222 Å². The van der Waals surface area contributed by atoms with E-state index in [1.807, 2.05) is 24.0 Å². The first-order valence-electron chi connectivity index (χ1n) is 11.9. The van der Waals surface area contributed by atoms with Crippen LogP contribution in [0.25, 0.3) is 0 Å². The van der Waals surface area contributed by atoms with Crippen LogP contribution in [0.1, 0.15) is 48.2 Å². The highest BCUT2D eigenvalue weighted by molar-refractivity contribution is 6.42. The number of halogens is 3. The lowest BCUT2D eigenvalue weighted by Crippen LogP contribution is -2.49. The van der Waals surface area contributed by atoms with Gasteiger partial charge in [0.1, 0.15) is 0 Å². The molecule has 2 atom stereocenters. The van der Waals surface area contributed by atoms with E-state index in [0.29, 0.717) is 65.7 Å². The highest BCUT2D eigenvalue weighted by Crippen LogP contribution is 2.23. The van der Waals surface area contributed by atoms with Gasteiger partial charge in [-0.3, -0.25) is 9.59 Å². The fourth-order valence-electron chi connectivity index (χ4n) is 4.20. The molecule has 0 bridgehead atoms. The molecule has 0 aliphatic carbocycles. The number of carbonyl (C=O) groups is 2. The average molecular weight is 540 g/mol. The lowest BCUT2D eigenvalue weighted by Gasteiger charge is -2.25. The van der Waals surface area contributed by atoms with Crippen LogP contribution in [-0.2, 0) is 11.3 Å². The summed E-state index contributed by atoms with van der Waals surface area (Å²) in [6.07, 6.45) is 1.36. The van der Waals surface area contributed by atoms with Crippen LogP contribution in [0.2, 0.25) is 15.1 Å². The molecule has 1 aliphatic rings. The predicted octanol–water partition coefficient (Wildman–Crippen LogP) is 4.83. The van der Waals surface area contributed by atoms with Crippen molar-refractivity contribution in [1.29, 1.82) is 0 Å². The predicted molar refractivity (Wildman–Crippen MR) is 143 cm³/mol. The van der Waals surface area contributed by atoms with Gasteiger partial charge in [0, 0.05) is 42.3 Å². The van der Waals surface area contributed by atoms with Gasteiger partial charge < -0.3 is 20.9 Å². The fraction of sp³-hybridized carbons (Fsp3) is 0.462. The molecule has 0 saturated carbocycles. The van der Waals surface area contributed by atoms with Crippen LogP contribution in [0.3, 0.4) is 0 Å². The number of nitrogens with zero attached hydrogens (tertiary/aromatic N) is 1. The van der Waals surface area contributed by atoms with Gasteiger partial charge in [-0.2, -0.15) is 0 Å². The SMILES string of the molecule is Cc1cc(Cl)cc(CN2CCC(CNC(=O)c3ccc(Cl)c(Cl)c3)NC(CCNC(C)C)C2=O)c1. The van der Waals surface area contributed by atoms with Crippen molar-refractivity contribution >= 4 is 46.6 Å². The average Bonchev–Trinajstić information content (AvgIpc) is 2.92. The minimum atomic E-state index is -0.351. The highest BCUT2D eigenvalue weighted by atomic mass is 35.5. The van der Waals surface area contributed by atoms with Gasteiger partial charge >= 0.3 is 0 Å². The molecule has 1 aliphatic heterocycles. The lowest BCUT2D eigenvalue weighted by molar-refractivity contribution is -0.133. The van der Waals surface area contributed by atoms with Crippen molar-refractivity contribution < 1.29 is 9.59 Å². The van der Waals surface area contributed by atoms with Crippen LogP contribution in [0, 0.1) is 6.92 Å². The van der Waals surface area contributed by atoms with Gasteiger partial charge in [0.25, 0.3) is 5.91 Å². The summed E-state index contributed by atoms with van der Waals surface area (Å²) in [5.41, 5.74) is 2.52. The maximum absolute atomic E-state index is 13.5. The van der Waals surface area contributed by atoms with Crippen molar-refractivity contribution in [3.05, 3.63) is 68.2 Å². The number of hydrogen-bond donors (Lipinski definition) is 3. The van der Waals surface area contributed by atoms with Gasteiger partial charge in [-0.05, 0) is 67.8 Å². The van der Waals surface area contributed by atoms with Gasteiger partial charge in [0.05, 0.1) is 16.1 Å². The Bertz CT molecular complexity index is 1030. The van der Waals surface area contributed by atoms with E-state index >= 15 is 0 Å². The van der Waals surface area contributed by atoms with E-state index in [0.717, 1.165) is 11.1 Å². The maximum atomic E-state index is 13.5. The quantitative estimate of drug-likeness (QED) is 0.427. The number of hydrogen-bond acceptors (Lipinski definition) is 4. The zero-order chi connectivity index (χ0) is 25.5. The Morgan fingerprint density at radius 2 is 1.91 bits per heavy atom. The van der Waals surface area contributed by atoms with E-state index < -0.39 is 0 Å². The summed E-state index contributed by atoms with van der Waals surface area (Å²) >= 11 is 18.3. The third-order valence-electron chi connectivity index (χ3n) is 5.95. The molecule has 2 amide bonds. The van der Waals surface area contributed by atoms with Gasteiger partial charge in [0.2, 0.25) is 5.91 Å². The minimum Gasteiger partial charge on any atom is -0.350 e. The molecule has 0 spiro atoms. The Kier molecular flexibility index (Phi) is 10.3. The summed E-state index contributed by atoms with van der Waals surface area (Å²) < 4.78 is 0. The largest absolute Gasteiger partial charge is 0.350 e. The van der Waals surface area contributed by atoms with E-state index in [2.05, 4.69) is 35.9 Å². The van der Waals surface area contributed by atoms with Crippen molar-refractivity contribution in [1.82, 2.24) is 20.9 Å². The molecule has 3 N–H and O–H groups in total. The Hall–Kier alpha value is -1.83. The van der Waals surface area contributed by atoms with E-state index in [-0.39, 0.29) is 23.9 Å². The third kappa shape index (κ3) is 8.36. The Balaban J connectivity index is 1.69. The molecule has 9 heteroatoms. The van der Waals surface area contributed by atoms with Crippen LogP contribution in [0.15, 0.2) is 36.4 Å². The number of carbonyl (C=O) groups excluding carboxylic acids is 2. The van der Waals surface area contributed by atoms with Crippen molar-refractivity contribution in [2.24, 2.45) is 0 Å². The molecule has 3 rings (SSSR count). The van der Waals surface area contributed by atoms with Crippen molar-refractivity contribution in [3.63, 3.8) is 0 Å². The van der Waals surface area contributed by atoms with Gasteiger partial charge in [-0.1, -0.05) is 54.7 Å². The second-order valence-corrected chi connectivity index (χ2v) is 10.6. The molecule has 190 valence electrons. The molecule has 1 fully saturated rings. The second kappa shape index (κ2) is 12.9. The standard InChI is InChI=1S/C26H33Cl3N4O2/c1-16(2)30-8-6-24-26(35)33(15-18-10-17(3)11-20(27)12-18)9-7-21(32-24)14-31-25(34)19-4-5-22(28)23(29)13-19/h4-5,10-13,16,21,24,30,32H,6-9,14-15H2,1-3H3,(H,31,34). The Morgan fingerprint density at radius 3 is 2.60 bits per heavy atom. The molecule has 1 heterocycles. The van der Waals surface area contributed by atoms with Gasteiger partial charge in [-0.15, -0.1) is 0 Å². The zero-order valence-electron chi connectivity index (χ0n) is 20.3. The molecule has 6 nitrogen and oxygen atoms in total. The van der Waals surface area contributed by atoms with E-state index in [1.54, 1.807) is 18.2 Å². The van der Waals surface area contributed by atoms with Crippen LogP contribution in [0.5, 0.6) is 0 Å². The summed E-state index contributed by atoms with van der Waals surface area (Å²) in [6.45, 7) is 8.35. The molecule has 1 saturated heterocycles. The summed E-state index contributed by atoms with van der Waals surface area (Å²) in [5, 5.41) is 11.2. The van der Waals surface area contributed by atoms with E-state index in [1.165, 1.54) is 0 Å². The maximum Gasteiger partial charge on any atom is 0.251 e. The smallest absolute Gasteiger partial charge is 0.251 e. The second-order valence-electron chi connectivity index (χ2n) is 9.34. The van der Waals surface area contributed by atoms with Crippen LogP contribution in [0.4, 0.5) is 0 Å². The molecular weight excluding hydrogens is 507 g/mol. The first kappa shape index (κ1) is 27.8. The number of aryl methyl sites for hydroxylation is 1. The first-order chi connectivity index (χ1) is 16.6. The van der Waals surface area contributed by atoms with Crippen LogP contribution < -0.4 is 16.0 Å². The third-order valence-corrected chi connectivity index (χ3v) is 6.90. The monoisotopic (exact) mass is 538 g/mol. The first-order valence-corrected chi connectivity index (χ1v) is 13.0. The van der Waals surface area contributed by atoms with Gasteiger partial charge in [0.15, 0.2) is 0 Å². The minimum absolute atomic E-state index is 0.0548. The summed E-state index contributed by atoms with van der Waals surface area (Å²) in [5.74, 6) is -0.170. The summed E-state index contributed by atoms with van der Waals surface area (Å²) in [7, 11) is 0. The van der Waals surface area contributed by atoms with Crippen molar-refractivity contribution in [2.45, 2.75) is 58.3 Å². The number of benzene rings is 2. The number of nitrogens with one attached hydrogen (secondary N) is 3. The molecule has 2 unspecified atom stereocenters. The molecule has 0 radical (unpaired) electrons. The number of rotatable bonds is 9. The van der Waals surface area contributed by atoms with Crippen molar-refractivity contribution in [3.8, 4) is 0 Å². The summed E-state index contributed by atoms with van der Waals surface area (Å²) in [4.78, 5) is 28.0. The number of amides is 2. The van der Waals surface area contributed by atoms with Crippen LogP contribution >= 0.6 is 34.8 Å². The summed E-state index contributed by atoms with van der Waals surface area (Å²) in [6, 6.07) is 10.6. The van der Waals surface area contributed by atoms with Gasteiger partial charge in [-0.25, -0.2) is 0 Å². The zero-order valence-corrected chi connectivity index (χ0v) is 22.6. The van der Waals surface area contributed by atoms with E-state index in [4.69, 9.17) is 34.8 Å². The Morgan fingerprint density at radius 1 is 1.14 bits per heavy atom. The lowest BCUT2D eigenvalue weighted by atomic mass is 10.1. The van der Waals surface area contributed by atoms with E-state index in [9.17, 15) is 9.59 Å². The molecule has 2 aromatic carbocycles. The van der Waals surface area contributed by atoms with Crippen LogP contribution in [-0.4, -0.2) is 54.5 Å².